The number of alkyl halides is 3. The zero-order valence-corrected chi connectivity index (χ0v) is 15.8. The molecule has 0 aromatic carbocycles. The van der Waals surface area contributed by atoms with Gasteiger partial charge in [0.2, 0.25) is 5.91 Å². The summed E-state index contributed by atoms with van der Waals surface area (Å²) < 4.78 is 41.5. The predicted octanol–water partition coefficient (Wildman–Crippen LogP) is 3.63. The van der Waals surface area contributed by atoms with Gasteiger partial charge in [-0.05, 0) is 49.7 Å². The standard InChI is InChI=1S/C15H19BrF3N5O/c1-5-23-7-6-11(21-23)8(2)20-14(25)10(4)24-9(3)12(16)13(22-24)15(17,18)19/h6-8,10H,5H2,1-4H3,(H,20,25). The predicted molar refractivity (Wildman–Crippen MR) is 88.8 cm³/mol. The molecule has 2 unspecified atom stereocenters. The zero-order valence-electron chi connectivity index (χ0n) is 14.2. The van der Waals surface area contributed by atoms with Gasteiger partial charge in [0.25, 0.3) is 0 Å². The molecule has 0 saturated carbocycles. The molecule has 0 aliphatic carbocycles. The van der Waals surface area contributed by atoms with Gasteiger partial charge in [-0.15, -0.1) is 0 Å². The Bertz CT molecular complexity index is 768. The maximum absolute atomic E-state index is 13.0. The molecule has 6 nitrogen and oxygen atoms in total. The van der Waals surface area contributed by atoms with E-state index in [1.807, 2.05) is 6.92 Å². The average Bonchev–Trinajstić information content (AvgIpc) is 3.12. The third-order valence-electron chi connectivity index (χ3n) is 3.88. The number of halogens is 4. The van der Waals surface area contributed by atoms with Gasteiger partial charge in [-0.25, -0.2) is 0 Å². The van der Waals surface area contributed by atoms with Crippen molar-refractivity contribution in [1.29, 1.82) is 0 Å². The number of rotatable bonds is 5. The molecular formula is C15H19BrF3N5O. The number of hydrogen-bond acceptors (Lipinski definition) is 3. The van der Waals surface area contributed by atoms with E-state index < -0.39 is 23.8 Å². The Morgan fingerprint density at radius 3 is 2.48 bits per heavy atom. The van der Waals surface area contributed by atoms with E-state index in [0.29, 0.717) is 12.2 Å². The fourth-order valence-electron chi connectivity index (χ4n) is 2.36. The number of nitrogens with one attached hydrogen (secondary N) is 1. The third kappa shape index (κ3) is 4.05. The molecule has 2 atom stereocenters. The molecule has 0 aliphatic rings. The van der Waals surface area contributed by atoms with Crippen molar-refractivity contribution in [1.82, 2.24) is 24.9 Å². The van der Waals surface area contributed by atoms with Crippen LogP contribution in [0.5, 0.6) is 0 Å². The van der Waals surface area contributed by atoms with Crippen molar-refractivity contribution in [3.63, 3.8) is 0 Å². The van der Waals surface area contributed by atoms with Crippen LogP contribution in [0, 0.1) is 6.92 Å². The van der Waals surface area contributed by atoms with Gasteiger partial charge in [-0.2, -0.15) is 23.4 Å². The van der Waals surface area contributed by atoms with Crippen molar-refractivity contribution in [3.8, 4) is 0 Å². The lowest BCUT2D eigenvalue weighted by Crippen LogP contribution is -2.34. The van der Waals surface area contributed by atoms with Crippen LogP contribution in [0.15, 0.2) is 16.7 Å². The normalized spacial score (nSPS) is 14.4. The average molecular weight is 422 g/mol. The molecule has 2 aromatic rings. The van der Waals surface area contributed by atoms with Gasteiger partial charge in [0.15, 0.2) is 5.69 Å². The van der Waals surface area contributed by atoms with Crippen molar-refractivity contribution in [2.45, 2.75) is 52.5 Å². The summed E-state index contributed by atoms with van der Waals surface area (Å²) in [6, 6.07) is 0.517. The van der Waals surface area contributed by atoms with Gasteiger partial charge in [0, 0.05) is 12.7 Å². The first-order chi connectivity index (χ1) is 11.6. The Labute approximate surface area is 151 Å². The Kier molecular flexibility index (Phi) is 5.60. The summed E-state index contributed by atoms with van der Waals surface area (Å²) in [4.78, 5) is 12.4. The van der Waals surface area contributed by atoms with Gasteiger partial charge in [-0.3, -0.25) is 14.2 Å². The van der Waals surface area contributed by atoms with Crippen LogP contribution in [0.4, 0.5) is 13.2 Å². The van der Waals surface area contributed by atoms with Crippen LogP contribution in [0.3, 0.4) is 0 Å². The molecule has 10 heteroatoms. The number of aromatic nitrogens is 4. The van der Waals surface area contributed by atoms with Crippen LogP contribution in [-0.4, -0.2) is 25.5 Å². The fraction of sp³-hybridized carbons (Fsp3) is 0.533. The van der Waals surface area contributed by atoms with E-state index in [1.165, 1.54) is 13.8 Å². The highest BCUT2D eigenvalue weighted by molar-refractivity contribution is 9.10. The molecule has 0 aliphatic heterocycles. The SMILES string of the molecule is CCn1ccc(C(C)NC(=O)C(C)n2nc(C(F)(F)F)c(Br)c2C)n1. The maximum atomic E-state index is 13.0. The topological polar surface area (TPSA) is 64.7 Å². The second-order valence-corrected chi connectivity index (χ2v) is 6.49. The summed E-state index contributed by atoms with van der Waals surface area (Å²) >= 11 is 2.90. The Hall–Kier alpha value is -1.84. The lowest BCUT2D eigenvalue weighted by atomic mass is 10.2. The van der Waals surface area contributed by atoms with Gasteiger partial charge < -0.3 is 5.32 Å². The lowest BCUT2D eigenvalue weighted by Gasteiger charge is -2.18. The fourth-order valence-corrected chi connectivity index (χ4v) is 2.85. The molecule has 0 saturated heterocycles. The summed E-state index contributed by atoms with van der Waals surface area (Å²) in [6.07, 6.45) is -2.79. The van der Waals surface area contributed by atoms with Crippen molar-refractivity contribution < 1.29 is 18.0 Å². The van der Waals surface area contributed by atoms with E-state index in [0.717, 1.165) is 4.68 Å². The summed E-state index contributed by atoms with van der Waals surface area (Å²) in [5, 5.41) is 10.6. The van der Waals surface area contributed by atoms with Gasteiger partial charge in [0.1, 0.15) is 6.04 Å². The van der Waals surface area contributed by atoms with Crippen LogP contribution in [0.2, 0.25) is 0 Å². The van der Waals surface area contributed by atoms with Crippen LogP contribution >= 0.6 is 15.9 Å². The molecule has 2 rings (SSSR count). The van der Waals surface area contributed by atoms with Crippen LogP contribution in [0.25, 0.3) is 0 Å². The van der Waals surface area contributed by atoms with Crippen molar-refractivity contribution in [2.24, 2.45) is 0 Å². The quantitative estimate of drug-likeness (QED) is 0.801. The summed E-state index contributed by atoms with van der Waals surface area (Å²) in [6.45, 7) is 7.39. The van der Waals surface area contributed by atoms with E-state index in [2.05, 4.69) is 31.4 Å². The summed E-state index contributed by atoms with van der Waals surface area (Å²) in [5.41, 5.74) is -0.131. The number of nitrogens with zero attached hydrogens (tertiary/aromatic N) is 4. The number of hydrogen-bond donors (Lipinski definition) is 1. The highest BCUT2D eigenvalue weighted by Gasteiger charge is 2.39. The van der Waals surface area contributed by atoms with E-state index in [9.17, 15) is 18.0 Å². The van der Waals surface area contributed by atoms with E-state index in [1.54, 1.807) is 23.9 Å². The molecule has 2 aromatic heterocycles. The van der Waals surface area contributed by atoms with Gasteiger partial charge >= 0.3 is 6.18 Å². The Morgan fingerprint density at radius 2 is 2.00 bits per heavy atom. The lowest BCUT2D eigenvalue weighted by molar-refractivity contribution is -0.142. The molecule has 0 fully saturated rings. The monoisotopic (exact) mass is 421 g/mol. The molecule has 25 heavy (non-hydrogen) atoms. The maximum Gasteiger partial charge on any atom is 0.436 e. The molecule has 0 radical (unpaired) electrons. The third-order valence-corrected chi connectivity index (χ3v) is 4.83. The zero-order chi connectivity index (χ0) is 18.9. The van der Waals surface area contributed by atoms with E-state index in [-0.39, 0.29) is 16.2 Å². The van der Waals surface area contributed by atoms with Crippen molar-refractivity contribution in [2.75, 3.05) is 0 Å². The molecule has 1 amide bonds. The molecule has 1 N–H and O–H groups in total. The smallest absolute Gasteiger partial charge is 0.346 e. The second kappa shape index (κ2) is 7.19. The van der Waals surface area contributed by atoms with E-state index >= 15 is 0 Å². The highest BCUT2D eigenvalue weighted by Crippen LogP contribution is 2.36. The minimum absolute atomic E-state index is 0.158. The first-order valence-corrected chi connectivity index (χ1v) is 8.51. The van der Waals surface area contributed by atoms with Crippen LogP contribution in [0.1, 0.15) is 49.9 Å². The van der Waals surface area contributed by atoms with Gasteiger partial charge in [-0.1, -0.05) is 0 Å². The molecule has 138 valence electrons. The number of aryl methyl sites for hydroxylation is 1. The van der Waals surface area contributed by atoms with Gasteiger partial charge in [0.05, 0.1) is 21.9 Å². The van der Waals surface area contributed by atoms with Crippen LogP contribution in [-0.2, 0) is 17.5 Å². The second-order valence-electron chi connectivity index (χ2n) is 5.69. The number of carbonyl (C=O) groups excluding carboxylic acids is 1. The Balaban J connectivity index is 2.17. The highest BCUT2D eigenvalue weighted by atomic mass is 79.9. The van der Waals surface area contributed by atoms with E-state index in [4.69, 9.17) is 0 Å². The molecule has 0 bridgehead atoms. The summed E-state index contributed by atoms with van der Waals surface area (Å²) in [7, 11) is 0. The minimum Gasteiger partial charge on any atom is -0.346 e. The number of amides is 1. The van der Waals surface area contributed by atoms with Crippen LogP contribution < -0.4 is 5.32 Å². The first kappa shape index (κ1) is 19.5. The largest absolute Gasteiger partial charge is 0.436 e. The summed E-state index contributed by atoms with van der Waals surface area (Å²) in [5.74, 6) is -0.439. The first-order valence-electron chi connectivity index (χ1n) is 7.71. The number of carbonyl (C=O) groups is 1. The molecular weight excluding hydrogens is 403 g/mol. The van der Waals surface area contributed by atoms with Crippen molar-refractivity contribution >= 4 is 21.8 Å². The minimum atomic E-state index is -4.59. The molecule has 2 heterocycles. The molecule has 0 spiro atoms. The Morgan fingerprint density at radius 1 is 1.36 bits per heavy atom. The van der Waals surface area contributed by atoms with Crippen molar-refractivity contribution in [3.05, 3.63) is 33.8 Å².